The normalized spacial score (nSPS) is 11.4. The average Bonchev–Trinajstić information content (AvgIpc) is 2.73. The lowest BCUT2D eigenvalue weighted by Crippen LogP contribution is -2.24. The van der Waals surface area contributed by atoms with Gasteiger partial charge >= 0.3 is 5.97 Å². The van der Waals surface area contributed by atoms with E-state index in [1.165, 1.54) is 7.11 Å². The van der Waals surface area contributed by atoms with Crippen LogP contribution in [-0.2, 0) is 14.8 Å². The van der Waals surface area contributed by atoms with Crippen LogP contribution in [0.3, 0.4) is 0 Å². The maximum Gasteiger partial charge on any atom is 0.303 e. The first-order valence-electron chi connectivity index (χ1n) is 4.80. The molecule has 0 unspecified atom stereocenters. The number of ether oxygens (including phenoxy) is 1. The zero-order chi connectivity index (χ0) is 12.9. The van der Waals surface area contributed by atoms with E-state index in [1.807, 2.05) is 0 Å². The van der Waals surface area contributed by atoms with E-state index in [0.717, 1.165) is 11.3 Å². The van der Waals surface area contributed by atoms with Crippen LogP contribution >= 0.6 is 11.3 Å². The third-order valence-electron chi connectivity index (χ3n) is 1.92. The number of sulfonamides is 1. The Morgan fingerprint density at radius 1 is 1.59 bits per heavy atom. The number of nitrogens with one attached hydrogen (secondary N) is 1. The maximum atomic E-state index is 11.8. The monoisotopic (exact) mass is 279 g/mol. The van der Waals surface area contributed by atoms with Crippen LogP contribution in [0.5, 0.6) is 5.75 Å². The van der Waals surface area contributed by atoms with Crippen LogP contribution in [0.2, 0.25) is 0 Å². The molecule has 0 aliphatic carbocycles. The number of carboxylic acids is 1. The Morgan fingerprint density at radius 3 is 2.88 bits per heavy atom. The molecule has 0 atom stereocenters. The van der Waals surface area contributed by atoms with E-state index in [-0.39, 0.29) is 23.6 Å². The molecular weight excluding hydrogens is 266 g/mol. The lowest BCUT2D eigenvalue weighted by Gasteiger charge is -2.05. The minimum atomic E-state index is -3.61. The molecule has 0 saturated carbocycles. The van der Waals surface area contributed by atoms with Crippen LogP contribution in [-0.4, -0.2) is 33.1 Å². The molecule has 17 heavy (non-hydrogen) atoms. The fourth-order valence-electron chi connectivity index (χ4n) is 1.14. The summed E-state index contributed by atoms with van der Waals surface area (Å²) >= 11 is 1.05. The van der Waals surface area contributed by atoms with Gasteiger partial charge in [-0.3, -0.25) is 4.79 Å². The Balaban J connectivity index is 2.60. The van der Waals surface area contributed by atoms with E-state index in [4.69, 9.17) is 9.84 Å². The van der Waals surface area contributed by atoms with Gasteiger partial charge in [0.1, 0.15) is 5.75 Å². The van der Waals surface area contributed by atoms with Crippen molar-refractivity contribution >= 4 is 27.3 Å². The highest BCUT2D eigenvalue weighted by Gasteiger charge is 2.20. The van der Waals surface area contributed by atoms with Crippen molar-refractivity contribution in [1.82, 2.24) is 4.72 Å². The van der Waals surface area contributed by atoms with E-state index in [1.54, 1.807) is 11.4 Å². The van der Waals surface area contributed by atoms with Gasteiger partial charge < -0.3 is 9.84 Å². The number of carboxylic acid groups (broad SMARTS) is 1. The first-order chi connectivity index (χ1) is 7.97. The van der Waals surface area contributed by atoms with Crippen LogP contribution in [0.15, 0.2) is 15.7 Å². The zero-order valence-electron chi connectivity index (χ0n) is 9.17. The molecular formula is C9H13NO5S2. The van der Waals surface area contributed by atoms with E-state index < -0.39 is 16.0 Å². The Morgan fingerprint density at radius 2 is 2.29 bits per heavy atom. The predicted octanol–water partition coefficient (Wildman–Crippen LogP) is 0.900. The van der Waals surface area contributed by atoms with Gasteiger partial charge in [0.15, 0.2) is 4.21 Å². The molecule has 1 rings (SSSR count). The fourth-order valence-corrected chi connectivity index (χ4v) is 3.54. The van der Waals surface area contributed by atoms with E-state index in [2.05, 4.69) is 4.72 Å². The van der Waals surface area contributed by atoms with E-state index >= 15 is 0 Å². The number of carbonyl (C=O) groups is 1. The van der Waals surface area contributed by atoms with Gasteiger partial charge in [-0.25, -0.2) is 13.1 Å². The van der Waals surface area contributed by atoms with Gasteiger partial charge in [-0.05, 0) is 17.9 Å². The van der Waals surface area contributed by atoms with Crippen molar-refractivity contribution in [3.05, 3.63) is 11.4 Å². The summed E-state index contributed by atoms with van der Waals surface area (Å²) in [6, 6.07) is 1.57. The summed E-state index contributed by atoms with van der Waals surface area (Å²) in [6.07, 6.45) is 0.187. The van der Waals surface area contributed by atoms with Crippen LogP contribution in [0, 0.1) is 0 Å². The molecule has 96 valence electrons. The van der Waals surface area contributed by atoms with Crippen LogP contribution in [0.4, 0.5) is 0 Å². The Labute approximate surface area is 103 Å². The Hall–Kier alpha value is -1.12. The molecule has 0 aliphatic rings. The summed E-state index contributed by atoms with van der Waals surface area (Å²) in [5.74, 6) is -0.654. The highest BCUT2D eigenvalue weighted by atomic mass is 32.2. The smallest absolute Gasteiger partial charge is 0.303 e. The van der Waals surface area contributed by atoms with E-state index in [9.17, 15) is 13.2 Å². The molecule has 1 heterocycles. The van der Waals surface area contributed by atoms with Crippen molar-refractivity contribution in [3.63, 3.8) is 0 Å². The number of methoxy groups -OCH3 is 1. The maximum absolute atomic E-state index is 11.8. The van der Waals surface area contributed by atoms with Gasteiger partial charge in [-0.2, -0.15) is 0 Å². The van der Waals surface area contributed by atoms with Crippen molar-refractivity contribution in [1.29, 1.82) is 0 Å². The molecule has 6 nitrogen and oxygen atoms in total. The third-order valence-corrected chi connectivity index (χ3v) is 4.83. The number of thiophene rings is 1. The van der Waals surface area contributed by atoms with E-state index in [0.29, 0.717) is 5.75 Å². The van der Waals surface area contributed by atoms with Gasteiger partial charge in [0.05, 0.1) is 7.11 Å². The Bertz CT molecular complexity index is 479. The van der Waals surface area contributed by atoms with Gasteiger partial charge in [0.2, 0.25) is 0 Å². The second-order valence-corrected chi connectivity index (χ2v) is 6.05. The molecule has 8 heteroatoms. The predicted molar refractivity (Wildman–Crippen MR) is 62.9 cm³/mol. The van der Waals surface area contributed by atoms with Gasteiger partial charge in [-0.15, -0.1) is 11.3 Å². The molecule has 0 spiro atoms. The second-order valence-electron chi connectivity index (χ2n) is 3.17. The summed E-state index contributed by atoms with van der Waals surface area (Å²) < 4.78 is 30.9. The quantitative estimate of drug-likeness (QED) is 0.723. The molecule has 0 aliphatic heterocycles. The highest BCUT2D eigenvalue weighted by molar-refractivity contribution is 7.91. The van der Waals surface area contributed by atoms with Crippen LogP contribution in [0.1, 0.15) is 12.8 Å². The lowest BCUT2D eigenvalue weighted by molar-refractivity contribution is -0.137. The van der Waals surface area contributed by atoms with Gasteiger partial charge in [-0.1, -0.05) is 0 Å². The van der Waals surface area contributed by atoms with Crippen molar-refractivity contribution in [2.45, 2.75) is 17.1 Å². The molecule has 1 aromatic heterocycles. The first-order valence-corrected chi connectivity index (χ1v) is 7.16. The van der Waals surface area contributed by atoms with Crippen molar-refractivity contribution < 1.29 is 23.1 Å². The molecule has 0 amide bonds. The van der Waals surface area contributed by atoms with Crippen LogP contribution in [0.25, 0.3) is 0 Å². The number of rotatable bonds is 7. The second kappa shape index (κ2) is 5.99. The fraction of sp³-hybridized carbons (Fsp3) is 0.444. The van der Waals surface area contributed by atoms with Crippen LogP contribution < -0.4 is 9.46 Å². The standard InChI is InChI=1S/C9H13NO5S2/c1-15-7-4-6-16-9(7)17(13,14)10-5-2-3-8(11)12/h4,6,10H,2-3,5H2,1H3,(H,11,12). The summed E-state index contributed by atoms with van der Waals surface area (Å²) in [7, 11) is -2.21. The SMILES string of the molecule is COc1ccsc1S(=O)(=O)NCCCC(=O)O. The molecule has 1 aromatic rings. The molecule has 2 N–H and O–H groups in total. The lowest BCUT2D eigenvalue weighted by atomic mass is 10.3. The minimum Gasteiger partial charge on any atom is -0.494 e. The summed E-state index contributed by atoms with van der Waals surface area (Å²) in [5.41, 5.74) is 0. The molecule has 0 bridgehead atoms. The average molecular weight is 279 g/mol. The highest BCUT2D eigenvalue weighted by Crippen LogP contribution is 2.28. The topological polar surface area (TPSA) is 92.7 Å². The summed E-state index contributed by atoms with van der Waals surface area (Å²) in [6.45, 7) is 0.0929. The molecule has 0 aromatic carbocycles. The summed E-state index contributed by atoms with van der Waals surface area (Å²) in [5, 5.41) is 10.0. The number of hydrogen-bond acceptors (Lipinski definition) is 5. The third kappa shape index (κ3) is 3.99. The largest absolute Gasteiger partial charge is 0.494 e. The van der Waals surface area contributed by atoms with Crippen molar-refractivity contribution in [3.8, 4) is 5.75 Å². The van der Waals surface area contributed by atoms with Gasteiger partial charge in [0, 0.05) is 13.0 Å². The van der Waals surface area contributed by atoms with Gasteiger partial charge in [0.25, 0.3) is 10.0 Å². The summed E-state index contributed by atoms with van der Waals surface area (Å²) in [4.78, 5) is 10.3. The van der Waals surface area contributed by atoms with Crippen molar-refractivity contribution in [2.75, 3.05) is 13.7 Å². The first kappa shape index (κ1) is 13.9. The zero-order valence-corrected chi connectivity index (χ0v) is 10.8. The van der Waals surface area contributed by atoms with Crippen molar-refractivity contribution in [2.24, 2.45) is 0 Å². The number of aliphatic carboxylic acids is 1. The number of hydrogen-bond donors (Lipinski definition) is 2. The Kier molecular flexibility index (Phi) is 4.91. The molecule has 0 radical (unpaired) electrons. The minimum absolute atomic E-state index is 0.0654. The molecule has 0 fully saturated rings. The molecule has 0 saturated heterocycles.